The number of likely N-dealkylation sites (N-methyl/N-ethyl adjacent to an activating group) is 1. The lowest BCUT2D eigenvalue weighted by atomic mass is 9.52. The summed E-state index contributed by atoms with van der Waals surface area (Å²) >= 11 is 0. The van der Waals surface area contributed by atoms with Crippen molar-refractivity contribution in [1.82, 2.24) is 4.90 Å². The molecule has 2 bridgehead atoms. The molecule has 0 amide bonds. The van der Waals surface area contributed by atoms with E-state index < -0.39 is 0 Å². The molecule has 0 radical (unpaired) electrons. The SMILES string of the molecule is Br.CN1CC[C@]23c4c5ccc(O)c4O[C@H]2CCC[C@H]3[C@H]1C5. The molecule has 2 fully saturated rings. The van der Waals surface area contributed by atoms with Crippen molar-refractivity contribution in [2.24, 2.45) is 5.92 Å². The number of phenolic OH excluding ortho intramolecular Hbond substituents is 1. The zero-order valence-electron chi connectivity index (χ0n) is 12.3. The number of ether oxygens (including phenoxy) is 1. The van der Waals surface area contributed by atoms with Crippen LogP contribution in [0.1, 0.15) is 36.8 Å². The summed E-state index contributed by atoms with van der Waals surface area (Å²) in [6.07, 6.45) is 6.37. The van der Waals surface area contributed by atoms with E-state index in [1.807, 2.05) is 6.07 Å². The molecule has 2 aliphatic carbocycles. The van der Waals surface area contributed by atoms with Gasteiger partial charge in [0.15, 0.2) is 11.5 Å². The van der Waals surface area contributed by atoms with Gasteiger partial charge in [-0.25, -0.2) is 0 Å². The number of likely N-dealkylation sites (tertiary alicyclic amines) is 1. The highest BCUT2D eigenvalue weighted by atomic mass is 79.9. The molecule has 2 heterocycles. The second-order valence-electron chi connectivity index (χ2n) is 7.13. The fraction of sp³-hybridized carbons (Fsp3) is 0.647. The van der Waals surface area contributed by atoms with Crippen LogP contribution in [-0.4, -0.2) is 35.7 Å². The monoisotopic (exact) mass is 351 g/mol. The van der Waals surface area contributed by atoms with E-state index in [1.165, 1.54) is 30.4 Å². The van der Waals surface area contributed by atoms with Crippen LogP contribution in [0.2, 0.25) is 0 Å². The Labute approximate surface area is 136 Å². The van der Waals surface area contributed by atoms with Crippen molar-refractivity contribution >= 4 is 17.0 Å². The van der Waals surface area contributed by atoms with E-state index in [2.05, 4.69) is 18.0 Å². The highest BCUT2D eigenvalue weighted by Gasteiger charge is 2.62. The first-order valence-electron chi connectivity index (χ1n) is 7.94. The minimum Gasteiger partial charge on any atom is -0.504 e. The van der Waals surface area contributed by atoms with Crippen LogP contribution in [0.5, 0.6) is 11.5 Å². The van der Waals surface area contributed by atoms with Crippen molar-refractivity contribution in [3.05, 3.63) is 23.3 Å². The molecule has 3 nitrogen and oxygen atoms in total. The fourth-order valence-corrected chi connectivity index (χ4v) is 5.71. The summed E-state index contributed by atoms with van der Waals surface area (Å²) in [6, 6.07) is 4.63. The summed E-state index contributed by atoms with van der Waals surface area (Å²) in [5, 5.41) is 10.2. The number of piperidine rings is 1. The van der Waals surface area contributed by atoms with Gasteiger partial charge in [-0.05, 0) is 63.2 Å². The first-order chi connectivity index (χ1) is 9.72. The predicted octanol–water partition coefficient (Wildman–Crippen LogP) is 3.03. The summed E-state index contributed by atoms with van der Waals surface area (Å²) in [4.78, 5) is 2.56. The summed E-state index contributed by atoms with van der Waals surface area (Å²) in [7, 11) is 2.28. The lowest BCUT2D eigenvalue weighted by Gasteiger charge is -2.57. The summed E-state index contributed by atoms with van der Waals surface area (Å²) in [5.74, 6) is 1.89. The standard InChI is InChI=1S/C17H21NO2.BrH/c1-18-8-7-17-11-3-2-4-14(17)20-16-13(19)6-5-10(15(16)17)9-12(11)18;/h5-6,11-12,14,19H,2-4,7-9H2,1H3;1H/t11-,12+,14-,17+;/m0./s1. The minimum atomic E-state index is 0. The number of hydrogen-bond donors (Lipinski definition) is 1. The van der Waals surface area contributed by atoms with E-state index in [0.29, 0.717) is 17.9 Å². The van der Waals surface area contributed by atoms with Gasteiger partial charge in [-0.1, -0.05) is 6.07 Å². The first-order valence-corrected chi connectivity index (χ1v) is 7.94. The fourth-order valence-electron chi connectivity index (χ4n) is 5.71. The molecule has 1 aromatic rings. The van der Waals surface area contributed by atoms with Crippen LogP contribution in [0.4, 0.5) is 0 Å². The molecule has 1 N–H and O–H groups in total. The first kappa shape index (κ1) is 13.9. The second-order valence-corrected chi connectivity index (χ2v) is 7.13. The van der Waals surface area contributed by atoms with Gasteiger partial charge < -0.3 is 14.7 Å². The van der Waals surface area contributed by atoms with Gasteiger partial charge in [0.05, 0.1) is 0 Å². The Morgan fingerprint density at radius 3 is 3.05 bits per heavy atom. The molecule has 114 valence electrons. The third-order valence-corrected chi connectivity index (χ3v) is 6.50. The maximum atomic E-state index is 10.2. The van der Waals surface area contributed by atoms with Crippen molar-refractivity contribution in [2.75, 3.05) is 13.6 Å². The molecular formula is C17H22BrNO2. The van der Waals surface area contributed by atoms with Gasteiger partial charge in [0.25, 0.3) is 0 Å². The van der Waals surface area contributed by atoms with E-state index in [1.54, 1.807) is 0 Å². The van der Waals surface area contributed by atoms with E-state index in [4.69, 9.17) is 4.74 Å². The summed E-state index contributed by atoms with van der Waals surface area (Å²) < 4.78 is 6.28. The van der Waals surface area contributed by atoms with Crippen molar-refractivity contribution in [3.8, 4) is 11.5 Å². The molecule has 4 atom stereocenters. The maximum Gasteiger partial charge on any atom is 0.165 e. The largest absolute Gasteiger partial charge is 0.504 e. The van der Waals surface area contributed by atoms with Crippen LogP contribution < -0.4 is 4.74 Å². The summed E-state index contributed by atoms with van der Waals surface area (Å²) in [5.41, 5.74) is 3.02. The van der Waals surface area contributed by atoms with Crippen LogP contribution in [0.25, 0.3) is 0 Å². The van der Waals surface area contributed by atoms with E-state index >= 15 is 0 Å². The van der Waals surface area contributed by atoms with Crippen molar-refractivity contribution in [3.63, 3.8) is 0 Å². The van der Waals surface area contributed by atoms with Gasteiger partial charge in [-0.3, -0.25) is 0 Å². The van der Waals surface area contributed by atoms with Gasteiger partial charge in [-0.2, -0.15) is 0 Å². The molecule has 4 heteroatoms. The summed E-state index contributed by atoms with van der Waals surface area (Å²) in [6.45, 7) is 1.16. The number of rotatable bonds is 0. The van der Waals surface area contributed by atoms with Crippen molar-refractivity contribution in [1.29, 1.82) is 0 Å². The third kappa shape index (κ3) is 1.48. The van der Waals surface area contributed by atoms with Crippen molar-refractivity contribution < 1.29 is 9.84 Å². The molecule has 2 aliphatic heterocycles. The zero-order valence-corrected chi connectivity index (χ0v) is 14.1. The highest BCUT2D eigenvalue weighted by Crippen LogP contribution is 2.63. The molecule has 1 saturated heterocycles. The molecule has 1 saturated carbocycles. The van der Waals surface area contributed by atoms with Gasteiger partial charge in [0.1, 0.15) is 6.10 Å². The lowest BCUT2D eigenvalue weighted by Crippen LogP contribution is -2.63. The topological polar surface area (TPSA) is 32.7 Å². The number of aromatic hydroxyl groups is 1. The molecule has 21 heavy (non-hydrogen) atoms. The zero-order chi connectivity index (χ0) is 13.5. The Kier molecular flexibility index (Phi) is 2.90. The number of nitrogens with zero attached hydrogens (tertiary/aromatic N) is 1. The average molecular weight is 352 g/mol. The van der Waals surface area contributed by atoms with Crippen LogP contribution in [-0.2, 0) is 11.8 Å². The maximum absolute atomic E-state index is 10.2. The Balaban J connectivity index is 0.00000115. The van der Waals surface area contributed by atoms with E-state index in [9.17, 15) is 5.11 Å². The van der Waals surface area contributed by atoms with Crippen LogP contribution in [0, 0.1) is 5.92 Å². The molecular weight excluding hydrogens is 330 g/mol. The van der Waals surface area contributed by atoms with Gasteiger partial charge in [-0.15, -0.1) is 17.0 Å². The van der Waals surface area contributed by atoms with Crippen LogP contribution >= 0.6 is 17.0 Å². The van der Waals surface area contributed by atoms with Crippen LogP contribution in [0.15, 0.2) is 12.1 Å². The van der Waals surface area contributed by atoms with Gasteiger partial charge in [0, 0.05) is 17.0 Å². The Hall–Kier alpha value is -0.740. The van der Waals surface area contributed by atoms with Gasteiger partial charge >= 0.3 is 0 Å². The molecule has 0 unspecified atom stereocenters. The second kappa shape index (κ2) is 4.39. The third-order valence-electron chi connectivity index (χ3n) is 6.50. The minimum absolute atomic E-state index is 0. The van der Waals surface area contributed by atoms with Crippen LogP contribution in [0.3, 0.4) is 0 Å². The quantitative estimate of drug-likeness (QED) is 0.779. The average Bonchev–Trinajstić information content (AvgIpc) is 2.79. The number of hydrogen-bond acceptors (Lipinski definition) is 3. The molecule has 0 aromatic heterocycles. The van der Waals surface area contributed by atoms with E-state index in [0.717, 1.165) is 31.1 Å². The predicted molar refractivity (Wildman–Crippen MR) is 86.6 cm³/mol. The smallest absolute Gasteiger partial charge is 0.165 e. The van der Waals surface area contributed by atoms with Crippen molar-refractivity contribution in [2.45, 2.75) is 49.7 Å². The molecule has 1 spiro atoms. The lowest BCUT2D eigenvalue weighted by molar-refractivity contribution is -0.0426. The molecule has 1 aromatic carbocycles. The Morgan fingerprint density at radius 2 is 2.19 bits per heavy atom. The molecule has 5 rings (SSSR count). The Morgan fingerprint density at radius 1 is 1.33 bits per heavy atom. The number of benzene rings is 1. The molecule has 4 aliphatic rings. The normalized spacial score (nSPS) is 39.2. The Bertz CT molecular complexity index is 605. The number of halogens is 1. The van der Waals surface area contributed by atoms with Gasteiger partial charge in [0.2, 0.25) is 0 Å². The number of phenols is 1. The van der Waals surface area contributed by atoms with E-state index in [-0.39, 0.29) is 22.4 Å². The highest BCUT2D eigenvalue weighted by molar-refractivity contribution is 8.93.